The lowest BCUT2D eigenvalue weighted by atomic mass is 9.78. The Morgan fingerprint density at radius 3 is 2.83 bits per heavy atom. The van der Waals surface area contributed by atoms with Gasteiger partial charge in [-0.1, -0.05) is 42.6 Å². The van der Waals surface area contributed by atoms with Crippen molar-refractivity contribution < 1.29 is 0 Å². The summed E-state index contributed by atoms with van der Waals surface area (Å²) in [6, 6.07) is 8.52. The van der Waals surface area contributed by atoms with Gasteiger partial charge in [-0.05, 0) is 36.5 Å². The Bertz CT molecular complexity index is 464. The highest BCUT2D eigenvalue weighted by Crippen LogP contribution is 2.32. The van der Waals surface area contributed by atoms with Gasteiger partial charge in [-0.3, -0.25) is 0 Å². The molecule has 3 heteroatoms. The second-order valence-corrected chi connectivity index (χ2v) is 6.24. The van der Waals surface area contributed by atoms with Gasteiger partial charge in [0.05, 0.1) is 11.3 Å². The van der Waals surface area contributed by atoms with Gasteiger partial charge >= 0.3 is 0 Å². The molecule has 1 aromatic rings. The number of nitrogens with zero attached hydrogens (tertiary/aromatic N) is 1. The zero-order valence-corrected chi connectivity index (χ0v) is 12.5. The van der Waals surface area contributed by atoms with E-state index in [-0.39, 0.29) is 0 Å². The van der Waals surface area contributed by atoms with E-state index in [1.165, 1.54) is 19.3 Å². The average molecular weight is 307 g/mol. The van der Waals surface area contributed by atoms with Gasteiger partial charge in [-0.15, -0.1) is 0 Å². The number of halogens is 1. The van der Waals surface area contributed by atoms with Crippen molar-refractivity contribution >= 4 is 21.6 Å². The predicted molar refractivity (Wildman–Crippen MR) is 78.4 cm³/mol. The van der Waals surface area contributed by atoms with Crippen molar-refractivity contribution in [3.05, 3.63) is 28.2 Å². The second kappa shape index (κ2) is 5.75. The molecule has 3 unspecified atom stereocenters. The van der Waals surface area contributed by atoms with Crippen LogP contribution in [0.2, 0.25) is 0 Å². The molecule has 1 aliphatic rings. The molecule has 0 aliphatic heterocycles. The van der Waals surface area contributed by atoms with E-state index in [9.17, 15) is 0 Å². The van der Waals surface area contributed by atoms with Crippen LogP contribution < -0.4 is 5.32 Å². The molecule has 18 heavy (non-hydrogen) atoms. The Morgan fingerprint density at radius 1 is 1.33 bits per heavy atom. The van der Waals surface area contributed by atoms with Crippen molar-refractivity contribution in [2.45, 2.75) is 39.2 Å². The van der Waals surface area contributed by atoms with Gasteiger partial charge in [-0.25, -0.2) is 0 Å². The number of hydrogen-bond donors (Lipinski definition) is 1. The Hall–Kier alpha value is -1.01. The fourth-order valence-electron chi connectivity index (χ4n) is 2.72. The first-order valence-corrected chi connectivity index (χ1v) is 7.37. The van der Waals surface area contributed by atoms with E-state index in [1.54, 1.807) is 0 Å². The zero-order valence-electron chi connectivity index (χ0n) is 10.9. The van der Waals surface area contributed by atoms with Gasteiger partial charge in [0.1, 0.15) is 6.07 Å². The number of anilines is 1. The third-order valence-electron chi connectivity index (χ3n) is 4.15. The molecule has 1 aromatic carbocycles. The number of nitriles is 1. The highest BCUT2D eigenvalue weighted by molar-refractivity contribution is 9.10. The molecule has 1 aliphatic carbocycles. The topological polar surface area (TPSA) is 35.8 Å². The van der Waals surface area contributed by atoms with Crippen LogP contribution in [0.15, 0.2) is 22.7 Å². The molecule has 1 saturated carbocycles. The van der Waals surface area contributed by atoms with Crippen LogP contribution >= 0.6 is 15.9 Å². The summed E-state index contributed by atoms with van der Waals surface area (Å²) in [5.41, 5.74) is 1.68. The maximum absolute atomic E-state index is 9.15. The molecule has 0 amide bonds. The van der Waals surface area contributed by atoms with Crippen LogP contribution in [0.5, 0.6) is 0 Å². The van der Waals surface area contributed by atoms with E-state index < -0.39 is 0 Å². The Labute approximate surface area is 118 Å². The fraction of sp³-hybridized carbons (Fsp3) is 0.533. The third kappa shape index (κ3) is 2.87. The minimum Gasteiger partial charge on any atom is -0.381 e. The lowest BCUT2D eigenvalue weighted by Crippen LogP contribution is -2.35. The lowest BCUT2D eigenvalue weighted by molar-refractivity contribution is 0.253. The van der Waals surface area contributed by atoms with Gasteiger partial charge in [0.2, 0.25) is 0 Å². The summed E-state index contributed by atoms with van der Waals surface area (Å²) in [4.78, 5) is 0. The Morgan fingerprint density at radius 2 is 2.11 bits per heavy atom. The van der Waals surface area contributed by atoms with Crippen LogP contribution in [0.1, 0.15) is 38.7 Å². The van der Waals surface area contributed by atoms with Gasteiger partial charge in [0, 0.05) is 10.5 Å². The van der Waals surface area contributed by atoms with Crippen LogP contribution in [0, 0.1) is 23.2 Å². The van der Waals surface area contributed by atoms with Crippen molar-refractivity contribution in [1.82, 2.24) is 0 Å². The molecular weight excluding hydrogens is 288 g/mol. The first-order valence-electron chi connectivity index (χ1n) is 6.58. The number of nitrogens with one attached hydrogen (secondary N) is 1. The van der Waals surface area contributed by atoms with Gasteiger partial charge < -0.3 is 5.32 Å². The van der Waals surface area contributed by atoms with E-state index in [2.05, 4.69) is 41.2 Å². The van der Waals surface area contributed by atoms with Gasteiger partial charge in [0.25, 0.3) is 0 Å². The highest BCUT2D eigenvalue weighted by Gasteiger charge is 2.27. The van der Waals surface area contributed by atoms with E-state index in [0.717, 1.165) is 21.6 Å². The minimum atomic E-state index is 0.482. The Balaban J connectivity index is 2.18. The van der Waals surface area contributed by atoms with Crippen LogP contribution in [-0.2, 0) is 0 Å². The maximum atomic E-state index is 9.15. The summed E-state index contributed by atoms with van der Waals surface area (Å²) in [5, 5.41) is 12.7. The molecule has 2 rings (SSSR count). The summed E-state index contributed by atoms with van der Waals surface area (Å²) in [7, 11) is 0. The minimum absolute atomic E-state index is 0.482. The standard InChI is InChI=1S/C15H19BrN2/c1-10-4-3-5-14(11(10)2)18-15-8-13(16)7-6-12(15)9-17/h6-8,10-11,14,18H,3-5H2,1-2H3. The third-order valence-corrected chi connectivity index (χ3v) is 4.64. The fourth-order valence-corrected chi connectivity index (χ4v) is 3.08. The van der Waals surface area contributed by atoms with Gasteiger partial charge in [0.15, 0.2) is 0 Å². The van der Waals surface area contributed by atoms with Crippen LogP contribution in [0.3, 0.4) is 0 Å². The Kier molecular flexibility index (Phi) is 4.29. The van der Waals surface area contributed by atoms with Crippen molar-refractivity contribution in [2.75, 3.05) is 5.32 Å². The van der Waals surface area contributed by atoms with Crippen LogP contribution in [-0.4, -0.2) is 6.04 Å². The summed E-state index contributed by atoms with van der Waals surface area (Å²) in [6.45, 7) is 4.64. The molecule has 0 radical (unpaired) electrons. The molecule has 3 atom stereocenters. The van der Waals surface area contributed by atoms with Crippen molar-refractivity contribution in [1.29, 1.82) is 5.26 Å². The molecule has 2 nitrogen and oxygen atoms in total. The summed E-state index contributed by atoms with van der Waals surface area (Å²) in [5.74, 6) is 1.42. The number of benzene rings is 1. The number of hydrogen-bond acceptors (Lipinski definition) is 2. The van der Waals surface area contributed by atoms with Crippen molar-refractivity contribution in [2.24, 2.45) is 11.8 Å². The molecule has 0 spiro atoms. The smallest absolute Gasteiger partial charge is 0.101 e. The van der Waals surface area contributed by atoms with E-state index in [1.807, 2.05) is 18.2 Å². The van der Waals surface area contributed by atoms with Crippen molar-refractivity contribution in [3.63, 3.8) is 0 Å². The van der Waals surface area contributed by atoms with E-state index in [4.69, 9.17) is 5.26 Å². The summed E-state index contributed by atoms with van der Waals surface area (Å²) < 4.78 is 1.01. The monoisotopic (exact) mass is 306 g/mol. The second-order valence-electron chi connectivity index (χ2n) is 5.32. The largest absolute Gasteiger partial charge is 0.381 e. The number of rotatable bonds is 2. The van der Waals surface area contributed by atoms with E-state index in [0.29, 0.717) is 12.0 Å². The first-order chi connectivity index (χ1) is 8.61. The molecule has 0 bridgehead atoms. The molecule has 1 fully saturated rings. The molecule has 1 N–H and O–H groups in total. The maximum Gasteiger partial charge on any atom is 0.101 e. The molecule has 96 valence electrons. The summed E-state index contributed by atoms with van der Waals surface area (Å²) >= 11 is 3.47. The predicted octanol–water partition coefficient (Wildman–Crippen LogP) is 4.56. The quantitative estimate of drug-likeness (QED) is 0.869. The van der Waals surface area contributed by atoms with Crippen LogP contribution in [0.4, 0.5) is 5.69 Å². The molecule has 0 saturated heterocycles. The highest BCUT2D eigenvalue weighted by atomic mass is 79.9. The summed E-state index contributed by atoms with van der Waals surface area (Å²) in [6.07, 6.45) is 3.80. The normalized spacial score (nSPS) is 27.6. The van der Waals surface area contributed by atoms with E-state index >= 15 is 0 Å². The molecular formula is C15H19BrN2. The first kappa shape index (κ1) is 13.4. The molecule has 0 heterocycles. The zero-order chi connectivity index (χ0) is 13.1. The molecule has 0 aromatic heterocycles. The average Bonchev–Trinajstić information content (AvgIpc) is 2.35. The lowest BCUT2D eigenvalue weighted by Gasteiger charge is -2.35. The van der Waals surface area contributed by atoms with Crippen LogP contribution in [0.25, 0.3) is 0 Å². The SMILES string of the molecule is CC1CCCC(Nc2cc(Br)ccc2C#N)C1C. The van der Waals surface area contributed by atoms with Crippen molar-refractivity contribution in [3.8, 4) is 6.07 Å². The van der Waals surface area contributed by atoms with Gasteiger partial charge in [-0.2, -0.15) is 5.26 Å².